The molecule has 5 nitrogen and oxygen atoms in total. The topological polar surface area (TPSA) is 56.0 Å². The van der Waals surface area contributed by atoms with E-state index in [9.17, 15) is 0 Å². The predicted octanol–water partition coefficient (Wildman–Crippen LogP) is 1.43. The molecule has 1 rings (SSSR count). The minimum Gasteiger partial charge on any atom is -0.340 e. The molecule has 1 aromatic rings. The number of hydrogen-bond donors (Lipinski definition) is 0. The van der Waals surface area contributed by atoms with Crippen molar-refractivity contribution in [1.29, 1.82) is 5.26 Å². The van der Waals surface area contributed by atoms with E-state index in [4.69, 9.17) is 5.26 Å². The van der Waals surface area contributed by atoms with Gasteiger partial charge in [-0.05, 0) is 33.5 Å². The lowest BCUT2D eigenvalue weighted by Gasteiger charge is -2.24. The van der Waals surface area contributed by atoms with E-state index in [1.165, 1.54) is 0 Å². The van der Waals surface area contributed by atoms with E-state index in [0.717, 1.165) is 31.7 Å². The van der Waals surface area contributed by atoms with Crippen LogP contribution in [0.15, 0.2) is 6.07 Å². The summed E-state index contributed by atoms with van der Waals surface area (Å²) < 4.78 is 0. The maximum atomic E-state index is 8.95. The average molecular weight is 247 g/mol. The Morgan fingerprint density at radius 3 is 2.50 bits per heavy atom. The van der Waals surface area contributed by atoms with E-state index >= 15 is 0 Å². The van der Waals surface area contributed by atoms with Crippen molar-refractivity contribution in [3.05, 3.63) is 17.5 Å². The Morgan fingerprint density at radius 2 is 1.94 bits per heavy atom. The summed E-state index contributed by atoms with van der Waals surface area (Å²) in [7, 11) is 4.09. The van der Waals surface area contributed by atoms with Crippen molar-refractivity contribution in [2.24, 2.45) is 0 Å². The van der Waals surface area contributed by atoms with E-state index in [1.807, 2.05) is 21.0 Å². The molecular formula is C13H21N5. The van der Waals surface area contributed by atoms with Crippen LogP contribution in [-0.2, 0) is 0 Å². The highest BCUT2D eigenvalue weighted by Gasteiger charge is 2.10. The normalized spacial score (nSPS) is 10.4. The van der Waals surface area contributed by atoms with Crippen molar-refractivity contribution in [1.82, 2.24) is 14.9 Å². The van der Waals surface area contributed by atoms with Crippen LogP contribution < -0.4 is 4.90 Å². The van der Waals surface area contributed by atoms with E-state index in [-0.39, 0.29) is 0 Å². The molecular weight excluding hydrogens is 226 g/mol. The number of rotatable bonds is 6. The van der Waals surface area contributed by atoms with Crippen LogP contribution in [0.25, 0.3) is 0 Å². The third-order valence-electron chi connectivity index (χ3n) is 2.55. The van der Waals surface area contributed by atoms with Gasteiger partial charge in [-0.25, -0.2) is 9.97 Å². The summed E-state index contributed by atoms with van der Waals surface area (Å²) in [6.07, 6.45) is 1.03. The van der Waals surface area contributed by atoms with Gasteiger partial charge in [0.2, 0.25) is 5.95 Å². The second kappa shape index (κ2) is 6.92. The first-order valence-electron chi connectivity index (χ1n) is 6.22. The summed E-state index contributed by atoms with van der Waals surface area (Å²) in [6, 6.07) is 3.79. The molecule has 0 bridgehead atoms. The number of aromatic nitrogens is 2. The highest BCUT2D eigenvalue weighted by Crippen LogP contribution is 2.10. The second-order valence-corrected chi connectivity index (χ2v) is 4.60. The number of nitriles is 1. The SMILES string of the molecule is CCCN(CCN(C)C)c1nc(C)cc(C#N)n1. The maximum absolute atomic E-state index is 8.95. The highest BCUT2D eigenvalue weighted by molar-refractivity contribution is 5.35. The van der Waals surface area contributed by atoms with Gasteiger partial charge < -0.3 is 9.80 Å². The maximum Gasteiger partial charge on any atom is 0.226 e. The predicted molar refractivity (Wildman–Crippen MR) is 72.5 cm³/mol. The van der Waals surface area contributed by atoms with Crippen LogP contribution in [0.2, 0.25) is 0 Å². The molecule has 18 heavy (non-hydrogen) atoms. The average Bonchev–Trinajstić information content (AvgIpc) is 2.33. The summed E-state index contributed by atoms with van der Waals surface area (Å²) in [5, 5.41) is 8.95. The van der Waals surface area contributed by atoms with E-state index in [2.05, 4.69) is 32.8 Å². The Morgan fingerprint density at radius 1 is 1.22 bits per heavy atom. The first kappa shape index (κ1) is 14.4. The number of nitrogens with zero attached hydrogens (tertiary/aromatic N) is 5. The first-order valence-corrected chi connectivity index (χ1v) is 6.22. The zero-order valence-electron chi connectivity index (χ0n) is 11.6. The van der Waals surface area contributed by atoms with Gasteiger partial charge in [-0.2, -0.15) is 5.26 Å². The van der Waals surface area contributed by atoms with Gasteiger partial charge in [0, 0.05) is 25.3 Å². The molecule has 1 aromatic heterocycles. The molecule has 1 heterocycles. The fourth-order valence-corrected chi connectivity index (χ4v) is 1.65. The quantitative estimate of drug-likeness (QED) is 0.761. The van der Waals surface area contributed by atoms with E-state index in [1.54, 1.807) is 6.07 Å². The van der Waals surface area contributed by atoms with Crippen LogP contribution in [0, 0.1) is 18.3 Å². The van der Waals surface area contributed by atoms with E-state index < -0.39 is 0 Å². The Balaban J connectivity index is 2.90. The Labute approximate surface area is 109 Å². The summed E-state index contributed by atoms with van der Waals surface area (Å²) in [5.41, 5.74) is 1.27. The molecule has 0 aliphatic carbocycles. The number of likely N-dealkylation sites (N-methyl/N-ethyl adjacent to an activating group) is 1. The zero-order valence-corrected chi connectivity index (χ0v) is 11.6. The molecule has 0 amide bonds. The van der Waals surface area contributed by atoms with Gasteiger partial charge in [-0.15, -0.1) is 0 Å². The van der Waals surface area contributed by atoms with Crippen molar-refractivity contribution in [2.45, 2.75) is 20.3 Å². The Bertz CT molecular complexity index is 422. The van der Waals surface area contributed by atoms with Crippen LogP contribution in [0.5, 0.6) is 0 Å². The minimum absolute atomic E-state index is 0.434. The van der Waals surface area contributed by atoms with Crippen LogP contribution in [-0.4, -0.2) is 48.6 Å². The molecule has 0 N–H and O–H groups in total. The molecule has 98 valence electrons. The van der Waals surface area contributed by atoms with Gasteiger partial charge in [-0.1, -0.05) is 6.92 Å². The van der Waals surface area contributed by atoms with Gasteiger partial charge in [-0.3, -0.25) is 0 Å². The van der Waals surface area contributed by atoms with Gasteiger partial charge in [0.25, 0.3) is 0 Å². The number of aryl methyl sites for hydroxylation is 1. The molecule has 0 aromatic carbocycles. The van der Waals surface area contributed by atoms with Gasteiger partial charge >= 0.3 is 0 Å². The smallest absolute Gasteiger partial charge is 0.226 e. The fraction of sp³-hybridized carbons (Fsp3) is 0.615. The molecule has 0 aliphatic heterocycles. The lowest BCUT2D eigenvalue weighted by atomic mass is 10.3. The summed E-state index contributed by atoms with van der Waals surface area (Å²) >= 11 is 0. The first-order chi connectivity index (χ1) is 8.56. The molecule has 5 heteroatoms. The molecule has 0 spiro atoms. The molecule has 0 unspecified atom stereocenters. The van der Waals surface area contributed by atoms with Crippen LogP contribution in [0.4, 0.5) is 5.95 Å². The van der Waals surface area contributed by atoms with Crippen LogP contribution in [0.3, 0.4) is 0 Å². The summed E-state index contributed by atoms with van der Waals surface area (Å²) in [5.74, 6) is 0.662. The van der Waals surface area contributed by atoms with Crippen LogP contribution in [0.1, 0.15) is 24.7 Å². The van der Waals surface area contributed by atoms with Gasteiger partial charge in [0.15, 0.2) is 0 Å². The highest BCUT2D eigenvalue weighted by atomic mass is 15.3. The summed E-state index contributed by atoms with van der Waals surface area (Å²) in [4.78, 5) is 13.0. The van der Waals surface area contributed by atoms with Crippen molar-refractivity contribution < 1.29 is 0 Å². The Kier molecular flexibility index (Phi) is 5.53. The van der Waals surface area contributed by atoms with Crippen molar-refractivity contribution in [2.75, 3.05) is 38.6 Å². The number of hydrogen-bond acceptors (Lipinski definition) is 5. The third kappa shape index (κ3) is 4.30. The number of anilines is 1. The minimum atomic E-state index is 0.434. The molecule has 0 saturated heterocycles. The molecule has 0 radical (unpaired) electrons. The van der Waals surface area contributed by atoms with Crippen LogP contribution >= 0.6 is 0 Å². The molecule has 0 aliphatic rings. The van der Waals surface area contributed by atoms with E-state index in [0.29, 0.717) is 11.6 Å². The molecule has 0 atom stereocenters. The molecule has 0 fully saturated rings. The lowest BCUT2D eigenvalue weighted by molar-refractivity contribution is 0.411. The van der Waals surface area contributed by atoms with Crippen molar-refractivity contribution in [3.8, 4) is 6.07 Å². The van der Waals surface area contributed by atoms with Gasteiger partial charge in [0.1, 0.15) is 11.8 Å². The zero-order chi connectivity index (χ0) is 13.5. The monoisotopic (exact) mass is 247 g/mol. The van der Waals surface area contributed by atoms with Crippen molar-refractivity contribution in [3.63, 3.8) is 0 Å². The third-order valence-corrected chi connectivity index (χ3v) is 2.55. The standard InChI is InChI=1S/C13H21N5/c1-5-6-18(8-7-17(3)4)13-15-11(2)9-12(10-14)16-13/h9H,5-8H2,1-4H3. The Hall–Kier alpha value is -1.67. The fourth-order valence-electron chi connectivity index (χ4n) is 1.65. The van der Waals surface area contributed by atoms with Crippen molar-refractivity contribution >= 4 is 5.95 Å². The lowest BCUT2D eigenvalue weighted by Crippen LogP contribution is -2.33. The molecule has 0 saturated carbocycles. The summed E-state index contributed by atoms with van der Waals surface area (Å²) in [6.45, 7) is 6.74. The second-order valence-electron chi connectivity index (χ2n) is 4.60. The van der Waals surface area contributed by atoms with Gasteiger partial charge in [0.05, 0.1) is 0 Å². The largest absolute Gasteiger partial charge is 0.340 e.